The standard InChI is InChI=1S/C12H14F2N2O4/c13-10(14)6-15-3-1-2-8(15)11(18)16-5-7(17)4-9(16)12(19)20/h1-3,7,9-10,17H,4-6H2,(H,19,20). The van der Waals surface area contributed by atoms with E-state index in [4.69, 9.17) is 5.11 Å². The molecule has 2 rings (SSSR count). The number of aliphatic carboxylic acids is 1. The number of nitrogens with zero attached hydrogens (tertiary/aromatic N) is 2. The lowest BCUT2D eigenvalue weighted by Crippen LogP contribution is -2.41. The lowest BCUT2D eigenvalue weighted by Gasteiger charge is -2.21. The second kappa shape index (κ2) is 5.58. The molecule has 1 fully saturated rings. The van der Waals surface area contributed by atoms with Crippen molar-refractivity contribution in [2.75, 3.05) is 6.54 Å². The van der Waals surface area contributed by atoms with Crippen molar-refractivity contribution in [2.45, 2.75) is 31.5 Å². The van der Waals surface area contributed by atoms with Crippen molar-refractivity contribution in [3.8, 4) is 0 Å². The Morgan fingerprint density at radius 1 is 1.45 bits per heavy atom. The average Bonchev–Trinajstić information content (AvgIpc) is 2.94. The smallest absolute Gasteiger partial charge is 0.326 e. The predicted molar refractivity (Wildman–Crippen MR) is 63.5 cm³/mol. The Kier molecular flexibility index (Phi) is 4.03. The fourth-order valence-corrected chi connectivity index (χ4v) is 2.34. The van der Waals surface area contributed by atoms with Gasteiger partial charge in [-0.05, 0) is 12.1 Å². The van der Waals surface area contributed by atoms with Gasteiger partial charge >= 0.3 is 5.97 Å². The normalized spacial score (nSPS) is 22.5. The van der Waals surface area contributed by atoms with E-state index < -0.39 is 37.0 Å². The number of β-amino-alcohol motifs (C(OH)–C–C–N with tert-alkyl or cyclic N) is 1. The molecule has 0 bridgehead atoms. The molecule has 2 heterocycles. The summed E-state index contributed by atoms with van der Waals surface area (Å²) < 4.78 is 25.9. The first-order chi connectivity index (χ1) is 9.40. The molecule has 1 saturated heterocycles. The summed E-state index contributed by atoms with van der Waals surface area (Å²) in [6.45, 7) is -0.752. The highest BCUT2D eigenvalue weighted by Gasteiger charge is 2.39. The molecule has 1 aliphatic heterocycles. The fraction of sp³-hybridized carbons (Fsp3) is 0.500. The summed E-state index contributed by atoms with van der Waals surface area (Å²) in [5.74, 6) is -1.89. The SMILES string of the molecule is O=C(O)C1CC(O)CN1C(=O)c1cccn1CC(F)F. The molecule has 6 nitrogen and oxygen atoms in total. The molecule has 2 unspecified atom stereocenters. The van der Waals surface area contributed by atoms with Crippen LogP contribution in [0.3, 0.4) is 0 Å². The molecule has 1 aliphatic rings. The number of likely N-dealkylation sites (tertiary alicyclic amines) is 1. The minimum atomic E-state index is -2.62. The molecule has 2 N–H and O–H groups in total. The average molecular weight is 288 g/mol. The van der Waals surface area contributed by atoms with Crippen LogP contribution in [0, 0.1) is 0 Å². The predicted octanol–water partition coefficient (Wildman–Crippen LogP) is 0.413. The molecule has 110 valence electrons. The van der Waals surface area contributed by atoms with Crippen molar-refractivity contribution >= 4 is 11.9 Å². The second-order valence-electron chi connectivity index (χ2n) is 4.64. The van der Waals surface area contributed by atoms with Crippen LogP contribution < -0.4 is 0 Å². The Balaban J connectivity index is 2.22. The van der Waals surface area contributed by atoms with E-state index in [0.29, 0.717) is 0 Å². The molecule has 0 aliphatic carbocycles. The van der Waals surface area contributed by atoms with Crippen LogP contribution in [0.5, 0.6) is 0 Å². The van der Waals surface area contributed by atoms with E-state index in [1.165, 1.54) is 18.3 Å². The van der Waals surface area contributed by atoms with Gasteiger partial charge in [0.05, 0.1) is 12.6 Å². The number of carboxylic acids is 1. The number of alkyl halides is 2. The van der Waals surface area contributed by atoms with Gasteiger partial charge in [0.2, 0.25) is 0 Å². The van der Waals surface area contributed by atoms with Crippen LogP contribution in [-0.4, -0.2) is 56.7 Å². The van der Waals surface area contributed by atoms with Gasteiger partial charge in [-0.1, -0.05) is 0 Å². The molecule has 1 amide bonds. The molecule has 0 saturated carbocycles. The Morgan fingerprint density at radius 2 is 2.15 bits per heavy atom. The van der Waals surface area contributed by atoms with Crippen LogP contribution in [0.2, 0.25) is 0 Å². The third kappa shape index (κ3) is 2.79. The molecule has 0 aromatic carbocycles. The van der Waals surface area contributed by atoms with Gasteiger partial charge < -0.3 is 19.7 Å². The maximum atomic E-state index is 12.4. The fourth-order valence-electron chi connectivity index (χ4n) is 2.34. The lowest BCUT2D eigenvalue weighted by molar-refractivity contribution is -0.141. The molecule has 8 heteroatoms. The number of carboxylic acid groups (broad SMARTS) is 1. The Morgan fingerprint density at radius 3 is 2.75 bits per heavy atom. The highest BCUT2D eigenvalue weighted by molar-refractivity contribution is 5.95. The summed E-state index contributed by atoms with van der Waals surface area (Å²) in [4.78, 5) is 24.3. The van der Waals surface area contributed by atoms with Crippen molar-refractivity contribution < 1.29 is 28.6 Å². The molecule has 2 atom stereocenters. The number of halogens is 2. The zero-order valence-electron chi connectivity index (χ0n) is 10.4. The first-order valence-corrected chi connectivity index (χ1v) is 6.05. The quantitative estimate of drug-likeness (QED) is 0.841. The monoisotopic (exact) mass is 288 g/mol. The van der Waals surface area contributed by atoms with E-state index in [2.05, 4.69) is 0 Å². The summed E-state index contributed by atoms with van der Waals surface area (Å²) in [5.41, 5.74) is -0.00866. The zero-order chi connectivity index (χ0) is 14.9. The lowest BCUT2D eigenvalue weighted by atomic mass is 10.2. The third-order valence-corrected chi connectivity index (χ3v) is 3.21. The zero-order valence-corrected chi connectivity index (χ0v) is 10.4. The number of carbonyl (C=O) groups excluding carboxylic acids is 1. The third-order valence-electron chi connectivity index (χ3n) is 3.21. The Labute approximate surface area is 113 Å². The molecule has 20 heavy (non-hydrogen) atoms. The van der Waals surface area contributed by atoms with Gasteiger partial charge in [0.1, 0.15) is 11.7 Å². The van der Waals surface area contributed by atoms with Gasteiger partial charge in [-0.2, -0.15) is 0 Å². The largest absolute Gasteiger partial charge is 0.480 e. The number of rotatable bonds is 4. The molecular formula is C12H14F2N2O4. The summed E-state index contributed by atoms with van der Waals surface area (Å²) in [6.07, 6.45) is -2.26. The highest BCUT2D eigenvalue weighted by atomic mass is 19.3. The van der Waals surface area contributed by atoms with Gasteiger partial charge in [0, 0.05) is 19.2 Å². The van der Waals surface area contributed by atoms with E-state index in [0.717, 1.165) is 9.47 Å². The molecular weight excluding hydrogens is 274 g/mol. The van der Waals surface area contributed by atoms with Crippen molar-refractivity contribution in [2.24, 2.45) is 0 Å². The van der Waals surface area contributed by atoms with Crippen LogP contribution in [0.4, 0.5) is 8.78 Å². The van der Waals surface area contributed by atoms with Gasteiger partial charge in [0.25, 0.3) is 12.3 Å². The number of aromatic nitrogens is 1. The Hall–Kier alpha value is -1.96. The van der Waals surface area contributed by atoms with Crippen molar-refractivity contribution in [1.29, 1.82) is 0 Å². The van der Waals surface area contributed by atoms with E-state index in [-0.39, 0.29) is 18.7 Å². The molecule has 1 aromatic heterocycles. The first kappa shape index (κ1) is 14.4. The van der Waals surface area contributed by atoms with Crippen LogP contribution in [0.15, 0.2) is 18.3 Å². The number of aliphatic hydroxyl groups excluding tert-OH is 1. The number of aliphatic hydroxyl groups is 1. The van der Waals surface area contributed by atoms with E-state index >= 15 is 0 Å². The minimum Gasteiger partial charge on any atom is -0.480 e. The van der Waals surface area contributed by atoms with Crippen LogP contribution in [0.1, 0.15) is 16.9 Å². The Bertz CT molecular complexity index is 517. The van der Waals surface area contributed by atoms with Gasteiger partial charge in [-0.3, -0.25) is 4.79 Å². The maximum absolute atomic E-state index is 12.4. The van der Waals surface area contributed by atoms with Gasteiger partial charge in [0.15, 0.2) is 0 Å². The number of amides is 1. The van der Waals surface area contributed by atoms with Crippen molar-refractivity contribution in [3.63, 3.8) is 0 Å². The molecule has 0 radical (unpaired) electrons. The van der Waals surface area contributed by atoms with Crippen LogP contribution in [-0.2, 0) is 11.3 Å². The van der Waals surface area contributed by atoms with E-state index in [9.17, 15) is 23.5 Å². The topological polar surface area (TPSA) is 82.8 Å². The van der Waals surface area contributed by atoms with Gasteiger partial charge in [-0.25, -0.2) is 13.6 Å². The molecule has 1 aromatic rings. The molecule has 0 spiro atoms. The summed E-state index contributed by atoms with van der Waals surface area (Å²) in [7, 11) is 0. The minimum absolute atomic E-state index is 0.00866. The van der Waals surface area contributed by atoms with Crippen molar-refractivity contribution in [3.05, 3.63) is 24.0 Å². The second-order valence-corrected chi connectivity index (χ2v) is 4.64. The number of hydrogen-bond donors (Lipinski definition) is 2. The van der Waals surface area contributed by atoms with E-state index in [1.807, 2.05) is 0 Å². The number of hydrogen-bond acceptors (Lipinski definition) is 3. The summed E-state index contributed by atoms with van der Waals surface area (Å²) >= 11 is 0. The van der Waals surface area contributed by atoms with Gasteiger partial charge in [-0.15, -0.1) is 0 Å². The van der Waals surface area contributed by atoms with E-state index in [1.54, 1.807) is 0 Å². The number of carbonyl (C=O) groups is 2. The van der Waals surface area contributed by atoms with Crippen LogP contribution >= 0.6 is 0 Å². The summed E-state index contributed by atoms with van der Waals surface area (Å²) in [5, 5.41) is 18.5. The first-order valence-electron chi connectivity index (χ1n) is 6.05. The maximum Gasteiger partial charge on any atom is 0.326 e. The van der Waals surface area contributed by atoms with Crippen LogP contribution in [0.25, 0.3) is 0 Å². The summed E-state index contributed by atoms with van der Waals surface area (Å²) in [6, 6.07) is 1.67. The van der Waals surface area contributed by atoms with Crippen molar-refractivity contribution in [1.82, 2.24) is 9.47 Å². The highest BCUT2D eigenvalue weighted by Crippen LogP contribution is 2.21.